The van der Waals surface area contributed by atoms with Crippen LogP contribution < -0.4 is 5.32 Å². The number of carbonyl (C=O) groups excluding carboxylic acids is 1. The number of benzene rings is 1. The molecule has 1 aromatic rings. The zero-order valence-corrected chi connectivity index (χ0v) is 11.3. The van der Waals surface area contributed by atoms with Crippen molar-refractivity contribution in [2.45, 2.75) is 20.3 Å². The van der Waals surface area contributed by atoms with Gasteiger partial charge >= 0.3 is 6.09 Å². The Hall–Kier alpha value is -1.99. The molecule has 0 aliphatic carbocycles. The highest BCUT2D eigenvalue weighted by Gasteiger charge is 2.06. The second kappa shape index (κ2) is 8.17. The molecule has 0 aromatic heterocycles. The van der Waals surface area contributed by atoms with E-state index >= 15 is 0 Å². The van der Waals surface area contributed by atoms with Crippen LogP contribution in [0, 0.1) is 17.8 Å². The van der Waals surface area contributed by atoms with Gasteiger partial charge in [-0.05, 0) is 18.1 Å². The van der Waals surface area contributed by atoms with E-state index in [1.54, 1.807) is 6.07 Å². The molecule has 0 atom stereocenters. The van der Waals surface area contributed by atoms with E-state index in [0.717, 1.165) is 0 Å². The Balaban J connectivity index is 2.68. The van der Waals surface area contributed by atoms with Crippen molar-refractivity contribution in [3.63, 3.8) is 0 Å². The van der Waals surface area contributed by atoms with E-state index in [0.29, 0.717) is 30.2 Å². The largest absolute Gasteiger partial charge is 0.449 e. The van der Waals surface area contributed by atoms with Crippen LogP contribution in [0.15, 0.2) is 24.3 Å². The van der Waals surface area contributed by atoms with E-state index < -0.39 is 6.09 Å². The summed E-state index contributed by atoms with van der Waals surface area (Å²) in [6.07, 6.45) is -0.0725. The monoisotopic (exact) mass is 261 g/mol. The van der Waals surface area contributed by atoms with E-state index in [1.807, 2.05) is 32.0 Å². The molecule has 0 aliphatic heterocycles. The molecule has 0 heterocycles. The molecule has 102 valence electrons. The van der Waals surface area contributed by atoms with Crippen LogP contribution in [-0.4, -0.2) is 24.4 Å². The van der Waals surface area contributed by atoms with Crippen molar-refractivity contribution in [1.82, 2.24) is 0 Å². The number of ether oxygens (including phenoxy) is 1. The molecule has 19 heavy (non-hydrogen) atoms. The third kappa shape index (κ3) is 5.94. The average molecular weight is 261 g/mol. The molecule has 0 spiro atoms. The van der Waals surface area contributed by atoms with Crippen LogP contribution >= 0.6 is 0 Å². The van der Waals surface area contributed by atoms with Crippen LogP contribution in [0.1, 0.15) is 25.8 Å². The molecule has 0 saturated carbocycles. The summed E-state index contributed by atoms with van der Waals surface area (Å²) in [6, 6.07) is 7.23. The van der Waals surface area contributed by atoms with Crippen molar-refractivity contribution in [2.24, 2.45) is 5.92 Å². The predicted octanol–water partition coefficient (Wildman–Crippen LogP) is 2.63. The molecule has 0 bridgehead atoms. The zero-order valence-electron chi connectivity index (χ0n) is 11.3. The Kier molecular flexibility index (Phi) is 6.48. The van der Waals surface area contributed by atoms with Gasteiger partial charge in [-0.25, -0.2) is 4.79 Å². The van der Waals surface area contributed by atoms with Crippen LogP contribution in [-0.2, 0) is 4.74 Å². The molecule has 1 rings (SSSR count). The van der Waals surface area contributed by atoms with Crippen LogP contribution in [0.4, 0.5) is 10.5 Å². The highest BCUT2D eigenvalue weighted by molar-refractivity contribution is 5.86. The van der Waals surface area contributed by atoms with E-state index in [-0.39, 0.29) is 6.61 Å². The first kappa shape index (κ1) is 15.1. The normalized spacial score (nSPS) is 9.68. The molecular formula is C15H19NO3. The molecule has 1 amide bonds. The number of para-hydroxylation sites is 1. The summed E-state index contributed by atoms with van der Waals surface area (Å²) in [5.41, 5.74) is 1.32. The SMILES string of the molecule is CC(C)COC(=O)Nc1ccccc1C#CCCO. The lowest BCUT2D eigenvalue weighted by atomic mass is 10.2. The molecule has 0 fully saturated rings. The standard InChI is InChI=1S/C15H19NO3/c1-12(2)11-19-15(18)16-14-9-4-3-7-13(14)8-5-6-10-17/h3-4,7,9,12,17H,6,10-11H2,1-2H3,(H,16,18). The first-order chi connectivity index (χ1) is 9.13. The lowest BCUT2D eigenvalue weighted by Crippen LogP contribution is -2.17. The minimum Gasteiger partial charge on any atom is -0.449 e. The Morgan fingerprint density at radius 1 is 1.42 bits per heavy atom. The number of amides is 1. The van der Waals surface area contributed by atoms with Crippen molar-refractivity contribution in [1.29, 1.82) is 0 Å². The third-order valence-corrected chi connectivity index (χ3v) is 2.17. The molecule has 0 radical (unpaired) electrons. The summed E-state index contributed by atoms with van der Waals surface area (Å²) in [4.78, 5) is 11.6. The smallest absolute Gasteiger partial charge is 0.411 e. The zero-order chi connectivity index (χ0) is 14.1. The highest BCUT2D eigenvalue weighted by Crippen LogP contribution is 2.14. The van der Waals surface area contributed by atoms with Gasteiger partial charge in [0.15, 0.2) is 0 Å². The Bertz CT molecular complexity index is 472. The van der Waals surface area contributed by atoms with Gasteiger partial charge in [0.25, 0.3) is 0 Å². The number of hydrogen-bond acceptors (Lipinski definition) is 3. The van der Waals surface area contributed by atoms with Gasteiger partial charge in [0.05, 0.1) is 18.9 Å². The summed E-state index contributed by atoms with van der Waals surface area (Å²) >= 11 is 0. The molecule has 0 aliphatic rings. The lowest BCUT2D eigenvalue weighted by molar-refractivity contribution is 0.147. The lowest BCUT2D eigenvalue weighted by Gasteiger charge is -2.09. The predicted molar refractivity (Wildman–Crippen MR) is 74.8 cm³/mol. The van der Waals surface area contributed by atoms with Crippen molar-refractivity contribution < 1.29 is 14.6 Å². The van der Waals surface area contributed by atoms with Crippen LogP contribution in [0.5, 0.6) is 0 Å². The van der Waals surface area contributed by atoms with Crippen molar-refractivity contribution in [2.75, 3.05) is 18.5 Å². The van der Waals surface area contributed by atoms with Crippen molar-refractivity contribution in [3.05, 3.63) is 29.8 Å². The fourth-order valence-electron chi connectivity index (χ4n) is 1.30. The van der Waals surface area contributed by atoms with Gasteiger partial charge in [0.1, 0.15) is 0 Å². The summed E-state index contributed by atoms with van der Waals surface area (Å²) in [6.45, 7) is 4.35. The van der Waals surface area contributed by atoms with Crippen LogP contribution in [0.3, 0.4) is 0 Å². The number of rotatable bonds is 4. The Morgan fingerprint density at radius 3 is 2.84 bits per heavy atom. The first-order valence-corrected chi connectivity index (χ1v) is 6.26. The summed E-state index contributed by atoms with van der Waals surface area (Å²) in [5, 5.41) is 11.4. The second-order valence-corrected chi connectivity index (χ2v) is 4.44. The van der Waals surface area contributed by atoms with E-state index in [1.165, 1.54) is 0 Å². The van der Waals surface area contributed by atoms with Crippen molar-refractivity contribution in [3.8, 4) is 11.8 Å². The van der Waals surface area contributed by atoms with Gasteiger partial charge in [-0.2, -0.15) is 0 Å². The second-order valence-electron chi connectivity index (χ2n) is 4.44. The quantitative estimate of drug-likeness (QED) is 0.819. The number of aliphatic hydroxyl groups excluding tert-OH is 1. The third-order valence-electron chi connectivity index (χ3n) is 2.17. The summed E-state index contributed by atoms with van der Waals surface area (Å²) in [5.74, 6) is 6.02. The maximum atomic E-state index is 11.6. The minimum atomic E-state index is -0.481. The van der Waals surface area contributed by atoms with Gasteiger partial charge in [-0.3, -0.25) is 5.32 Å². The van der Waals surface area contributed by atoms with Gasteiger partial charge in [-0.15, -0.1) is 0 Å². The molecule has 4 nitrogen and oxygen atoms in total. The average Bonchev–Trinajstić information content (AvgIpc) is 2.39. The number of nitrogens with one attached hydrogen (secondary N) is 1. The summed E-state index contributed by atoms with van der Waals surface area (Å²) in [7, 11) is 0. The highest BCUT2D eigenvalue weighted by atomic mass is 16.5. The van der Waals surface area contributed by atoms with Gasteiger partial charge in [0, 0.05) is 12.0 Å². The minimum absolute atomic E-state index is 0.0268. The fourth-order valence-corrected chi connectivity index (χ4v) is 1.30. The van der Waals surface area contributed by atoms with Crippen molar-refractivity contribution >= 4 is 11.8 Å². The van der Waals surface area contributed by atoms with Crippen LogP contribution in [0.25, 0.3) is 0 Å². The van der Waals surface area contributed by atoms with E-state index in [9.17, 15) is 4.79 Å². The topological polar surface area (TPSA) is 58.6 Å². The molecule has 1 aromatic carbocycles. The Morgan fingerprint density at radius 2 is 2.16 bits per heavy atom. The number of carbonyl (C=O) groups is 1. The molecule has 0 saturated heterocycles. The fraction of sp³-hybridized carbons (Fsp3) is 0.400. The molecule has 0 unspecified atom stereocenters. The molecular weight excluding hydrogens is 242 g/mol. The maximum Gasteiger partial charge on any atom is 0.411 e. The van der Waals surface area contributed by atoms with E-state index in [2.05, 4.69) is 17.2 Å². The number of aliphatic hydroxyl groups is 1. The maximum absolute atomic E-state index is 11.6. The first-order valence-electron chi connectivity index (χ1n) is 6.26. The van der Waals surface area contributed by atoms with Gasteiger partial charge in [0.2, 0.25) is 0 Å². The number of hydrogen-bond donors (Lipinski definition) is 2. The van der Waals surface area contributed by atoms with E-state index in [4.69, 9.17) is 9.84 Å². The van der Waals surface area contributed by atoms with Crippen LogP contribution in [0.2, 0.25) is 0 Å². The molecule has 2 N–H and O–H groups in total. The number of anilines is 1. The van der Waals surface area contributed by atoms with Gasteiger partial charge < -0.3 is 9.84 Å². The Labute approximate surface area is 113 Å². The summed E-state index contributed by atoms with van der Waals surface area (Å²) < 4.78 is 5.05. The van der Waals surface area contributed by atoms with Gasteiger partial charge in [-0.1, -0.05) is 37.8 Å². The molecule has 4 heteroatoms.